The fraction of sp³-hybridized carbons (Fsp3) is 0.765. The summed E-state index contributed by atoms with van der Waals surface area (Å²) in [7, 11) is 3.76. The summed E-state index contributed by atoms with van der Waals surface area (Å²) < 4.78 is 12.9. The Morgan fingerprint density at radius 3 is 2.67 bits per heavy atom. The number of fused-ring (bicyclic) bond motifs is 1. The minimum absolute atomic E-state index is 0.0772. The summed E-state index contributed by atoms with van der Waals surface area (Å²) in [5.41, 5.74) is 2.69. The number of amides is 1. The molecule has 3 rings (SSSR count). The number of rotatable bonds is 4. The number of methoxy groups -OCH3 is 1. The Labute approximate surface area is 143 Å². The predicted octanol–water partition coefficient (Wildman–Crippen LogP) is 0.939. The summed E-state index contributed by atoms with van der Waals surface area (Å²) in [5, 5.41) is 4.69. The van der Waals surface area contributed by atoms with Gasteiger partial charge in [0.2, 0.25) is 0 Å². The number of carbonyl (C=O) groups excluding carboxylic acids is 1. The van der Waals surface area contributed by atoms with Gasteiger partial charge in [-0.15, -0.1) is 0 Å². The molecule has 24 heavy (non-hydrogen) atoms. The van der Waals surface area contributed by atoms with Gasteiger partial charge in [-0.25, -0.2) is 0 Å². The van der Waals surface area contributed by atoms with Crippen molar-refractivity contribution in [2.45, 2.75) is 39.0 Å². The van der Waals surface area contributed by atoms with Gasteiger partial charge in [0.1, 0.15) is 5.69 Å². The summed E-state index contributed by atoms with van der Waals surface area (Å²) in [6.45, 7) is 8.53. The number of piperazine rings is 1. The molecule has 0 unspecified atom stereocenters. The first-order valence-corrected chi connectivity index (χ1v) is 8.73. The molecule has 1 amide bonds. The number of carbonyl (C=O) groups is 1. The van der Waals surface area contributed by atoms with Crippen molar-refractivity contribution in [2.75, 3.05) is 46.9 Å². The van der Waals surface area contributed by atoms with Gasteiger partial charge in [0, 0.05) is 45.3 Å². The van der Waals surface area contributed by atoms with Gasteiger partial charge >= 0.3 is 0 Å². The van der Waals surface area contributed by atoms with Crippen LogP contribution in [-0.2, 0) is 22.4 Å². The van der Waals surface area contributed by atoms with Gasteiger partial charge in [-0.2, -0.15) is 5.10 Å². The monoisotopic (exact) mass is 336 g/mol. The molecule has 1 aromatic rings. The summed E-state index contributed by atoms with van der Waals surface area (Å²) >= 11 is 0. The third kappa shape index (κ3) is 3.34. The minimum Gasteiger partial charge on any atom is -0.383 e. The van der Waals surface area contributed by atoms with Crippen LogP contribution in [0.1, 0.15) is 41.7 Å². The van der Waals surface area contributed by atoms with E-state index < -0.39 is 0 Å². The highest BCUT2D eigenvalue weighted by Crippen LogP contribution is 2.32. The van der Waals surface area contributed by atoms with E-state index in [1.54, 1.807) is 7.11 Å². The third-order valence-corrected chi connectivity index (χ3v) is 4.89. The first-order valence-electron chi connectivity index (χ1n) is 8.73. The van der Waals surface area contributed by atoms with E-state index in [9.17, 15) is 4.79 Å². The highest BCUT2D eigenvalue weighted by molar-refractivity contribution is 5.94. The lowest BCUT2D eigenvalue weighted by Gasteiger charge is -2.33. The molecule has 2 aliphatic heterocycles. The van der Waals surface area contributed by atoms with Crippen molar-refractivity contribution in [3.63, 3.8) is 0 Å². The number of aromatic nitrogens is 2. The maximum absolute atomic E-state index is 13.2. The maximum Gasteiger partial charge on any atom is 0.272 e. The molecule has 7 nitrogen and oxygen atoms in total. The van der Waals surface area contributed by atoms with Crippen LogP contribution in [-0.4, -0.2) is 78.5 Å². The Morgan fingerprint density at radius 2 is 2.00 bits per heavy atom. The average molecular weight is 336 g/mol. The highest BCUT2D eigenvalue weighted by Gasteiger charge is 2.34. The SMILES string of the molecule is COCCn1nc2c(c1C(=O)N1CCN(C)CC1)C[C@H](C)O[C@@H]2C. The van der Waals surface area contributed by atoms with Gasteiger partial charge in [0.05, 0.1) is 31.1 Å². The van der Waals surface area contributed by atoms with Gasteiger partial charge in [-0.3, -0.25) is 9.48 Å². The zero-order valence-electron chi connectivity index (χ0n) is 15.1. The van der Waals surface area contributed by atoms with Gasteiger partial charge in [0.15, 0.2) is 0 Å². The Morgan fingerprint density at radius 1 is 1.29 bits per heavy atom. The van der Waals surface area contributed by atoms with Crippen LogP contribution in [0.25, 0.3) is 0 Å². The summed E-state index contributed by atoms with van der Waals surface area (Å²) in [6.07, 6.45) is 0.764. The summed E-state index contributed by atoms with van der Waals surface area (Å²) in [6, 6.07) is 0. The zero-order chi connectivity index (χ0) is 17.3. The Balaban J connectivity index is 1.93. The first-order chi connectivity index (χ1) is 11.5. The second kappa shape index (κ2) is 7.21. The van der Waals surface area contributed by atoms with E-state index in [-0.39, 0.29) is 18.1 Å². The molecule has 0 radical (unpaired) electrons. The van der Waals surface area contributed by atoms with Crippen LogP contribution in [0.3, 0.4) is 0 Å². The van der Waals surface area contributed by atoms with Crippen LogP contribution in [0, 0.1) is 0 Å². The van der Waals surface area contributed by atoms with Crippen molar-refractivity contribution in [2.24, 2.45) is 0 Å². The van der Waals surface area contributed by atoms with Crippen molar-refractivity contribution in [3.05, 3.63) is 17.0 Å². The summed E-state index contributed by atoms with van der Waals surface area (Å²) in [4.78, 5) is 17.4. The molecular formula is C17H28N4O3. The van der Waals surface area contributed by atoms with Crippen LogP contribution in [0.2, 0.25) is 0 Å². The van der Waals surface area contributed by atoms with Gasteiger partial charge < -0.3 is 19.3 Å². The maximum atomic E-state index is 13.2. The normalized spacial score (nSPS) is 24.9. The van der Waals surface area contributed by atoms with Crippen LogP contribution in [0.4, 0.5) is 0 Å². The molecule has 0 aromatic carbocycles. The van der Waals surface area contributed by atoms with Crippen LogP contribution >= 0.6 is 0 Å². The van der Waals surface area contributed by atoms with Crippen molar-refractivity contribution < 1.29 is 14.3 Å². The smallest absolute Gasteiger partial charge is 0.272 e. The molecule has 0 N–H and O–H groups in total. The average Bonchev–Trinajstić information content (AvgIpc) is 2.91. The van der Waals surface area contributed by atoms with E-state index in [4.69, 9.17) is 9.47 Å². The molecule has 1 aromatic heterocycles. The predicted molar refractivity (Wildman–Crippen MR) is 90.2 cm³/mol. The third-order valence-electron chi connectivity index (χ3n) is 4.89. The molecule has 7 heteroatoms. The number of nitrogens with zero attached hydrogens (tertiary/aromatic N) is 4. The zero-order valence-corrected chi connectivity index (χ0v) is 15.1. The standard InChI is InChI=1S/C17H28N4O3/c1-12-11-14-15(13(2)24-12)18-21(9-10-23-4)16(14)17(22)20-7-5-19(3)6-8-20/h12-13H,5-11H2,1-4H3/t12-,13+/m0/s1. The highest BCUT2D eigenvalue weighted by atomic mass is 16.5. The van der Waals surface area contributed by atoms with E-state index in [2.05, 4.69) is 24.0 Å². The molecule has 3 heterocycles. The fourth-order valence-electron chi connectivity index (χ4n) is 3.53. The molecule has 0 bridgehead atoms. The van der Waals surface area contributed by atoms with Crippen molar-refractivity contribution in [1.82, 2.24) is 19.6 Å². The molecule has 0 spiro atoms. The molecule has 0 aliphatic carbocycles. The number of ether oxygens (including phenoxy) is 2. The molecule has 2 aliphatic rings. The number of likely N-dealkylation sites (N-methyl/N-ethyl adjacent to an activating group) is 1. The molecule has 1 fully saturated rings. The van der Waals surface area contributed by atoms with Gasteiger partial charge in [0.25, 0.3) is 5.91 Å². The number of hydrogen-bond donors (Lipinski definition) is 0. The van der Waals surface area contributed by atoms with E-state index in [0.717, 1.165) is 49.6 Å². The summed E-state index contributed by atoms with van der Waals surface area (Å²) in [5.74, 6) is 0.0919. The van der Waals surface area contributed by atoms with E-state index in [1.165, 1.54) is 0 Å². The molecular weight excluding hydrogens is 308 g/mol. The Hall–Kier alpha value is -1.44. The lowest BCUT2D eigenvalue weighted by Crippen LogP contribution is -2.47. The largest absolute Gasteiger partial charge is 0.383 e. The van der Waals surface area contributed by atoms with Gasteiger partial charge in [-0.1, -0.05) is 0 Å². The first kappa shape index (κ1) is 17.4. The van der Waals surface area contributed by atoms with Crippen LogP contribution < -0.4 is 0 Å². The molecule has 1 saturated heterocycles. The number of hydrogen-bond acceptors (Lipinski definition) is 5. The van der Waals surface area contributed by atoms with Crippen LogP contribution in [0.5, 0.6) is 0 Å². The molecule has 0 saturated carbocycles. The topological polar surface area (TPSA) is 59.8 Å². The second-order valence-electron chi connectivity index (χ2n) is 6.82. The minimum atomic E-state index is -0.0772. The second-order valence-corrected chi connectivity index (χ2v) is 6.82. The fourth-order valence-corrected chi connectivity index (χ4v) is 3.53. The van der Waals surface area contributed by atoms with Crippen LogP contribution in [0.15, 0.2) is 0 Å². The lowest BCUT2D eigenvalue weighted by atomic mass is 9.99. The Kier molecular flexibility index (Phi) is 5.22. The quantitative estimate of drug-likeness (QED) is 0.819. The Bertz CT molecular complexity index is 593. The van der Waals surface area contributed by atoms with Crippen molar-refractivity contribution >= 4 is 5.91 Å². The van der Waals surface area contributed by atoms with Crippen molar-refractivity contribution in [3.8, 4) is 0 Å². The van der Waals surface area contributed by atoms with E-state index in [1.807, 2.05) is 16.5 Å². The molecule has 134 valence electrons. The van der Waals surface area contributed by atoms with E-state index >= 15 is 0 Å². The van der Waals surface area contributed by atoms with E-state index in [0.29, 0.717) is 13.2 Å². The molecule has 2 atom stereocenters. The van der Waals surface area contributed by atoms with Gasteiger partial charge in [-0.05, 0) is 20.9 Å². The lowest BCUT2D eigenvalue weighted by molar-refractivity contribution is -0.00721. The van der Waals surface area contributed by atoms with Crippen molar-refractivity contribution in [1.29, 1.82) is 0 Å².